The minimum absolute atomic E-state index is 0.00588. The van der Waals surface area contributed by atoms with Crippen LogP contribution in [0.5, 0.6) is 0 Å². The minimum atomic E-state index is -3.89. The van der Waals surface area contributed by atoms with E-state index in [9.17, 15) is 21.6 Å². The minimum Gasteiger partial charge on any atom is -0.349 e. The van der Waals surface area contributed by atoms with Crippen LogP contribution in [0.2, 0.25) is 0 Å². The van der Waals surface area contributed by atoms with Gasteiger partial charge in [0.15, 0.2) is 9.84 Å². The van der Waals surface area contributed by atoms with Gasteiger partial charge in [0.2, 0.25) is 10.0 Å². The summed E-state index contributed by atoms with van der Waals surface area (Å²) in [7, 11) is -7.08. The lowest BCUT2D eigenvalue weighted by Gasteiger charge is -2.54. The van der Waals surface area contributed by atoms with Gasteiger partial charge < -0.3 is 5.32 Å². The molecule has 1 aromatic carbocycles. The second kappa shape index (κ2) is 7.31. The van der Waals surface area contributed by atoms with Crippen molar-refractivity contribution in [2.75, 3.05) is 11.5 Å². The molecule has 0 radical (unpaired) electrons. The molecule has 1 aliphatic heterocycles. The summed E-state index contributed by atoms with van der Waals surface area (Å²) >= 11 is 0. The molecule has 30 heavy (non-hydrogen) atoms. The van der Waals surface area contributed by atoms with Crippen LogP contribution in [0.4, 0.5) is 0 Å². The van der Waals surface area contributed by atoms with Crippen LogP contribution in [-0.2, 0) is 19.9 Å². The Balaban J connectivity index is 1.29. The van der Waals surface area contributed by atoms with Crippen LogP contribution in [0.3, 0.4) is 0 Å². The van der Waals surface area contributed by atoms with E-state index in [1.165, 1.54) is 44.2 Å². The number of nitrogens with one attached hydrogen (secondary N) is 2. The number of carbonyl (C=O) groups is 1. The number of carbonyl (C=O) groups excluding carboxylic acids is 1. The maximum absolute atomic E-state index is 12.9. The maximum Gasteiger partial charge on any atom is 0.251 e. The summed E-state index contributed by atoms with van der Waals surface area (Å²) in [6.45, 7) is 0. The van der Waals surface area contributed by atoms with Crippen molar-refractivity contribution < 1.29 is 21.6 Å². The van der Waals surface area contributed by atoms with E-state index >= 15 is 0 Å². The van der Waals surface area contributed by atoms with E-state index < -0.39 is 25.9 Å². The average Bonchev–Trinajstić information content (AvgIpc) is 3.01. The van der Waals surface area contributed by atoms with Gasteiger partial charge in [0.1, 0.15) is 0 Å². The molecule has 1 atom stereocenters. The lowest BCUT2D eigenvalue weighted by Crippen LogP contribution is -2.55. The van der Waals surface area contributed by atoms with Gasteiger partial charge in [-0.2, -0.15) is 0 Å². The Bertz CT molecular complexity index is 1040. The molecule has 5 fully saturated rings. The quantitative estimate of drug-likeness (QED) is 0.707. The van der Waals surface area contributed by atoms with Crippen LogP contribution >= 0.6 is 0 Å². The zero-order valence-corrected chi connectivity index (χ0v) is 18.4. The van der Waals surface area contributed by atoms with Crippen molar-refractivity contribution in [1.29, 1.82) is 0 Å². The molecule has 164 valence electrons. The zero-order valence-electron chi connectivity index (χ0n) is 16.8. The Kier molecular flexibility index (Phi) is 4.98. The Morgan fingerprint density at radius 2 is 1.67 bits per heavy atom. The Hall–Kier alpha value is -1.45. The molecule has 1 amide bonds. The molecule has 4 bridgehead atoms. The van der Waals surface area contributed by atoms with E-state index in [-0.39, 0.29) is 34.8 Å². The van der Waals surface area contributed by atoms with Crippen LogP contribution < -0.4 is 10.0 Å². The van der Waals surface area contributed by atoms with E-state index in [0.29, 0.717) is 17.4 Å². The molecule has 4 aliphatic carbocycles. The molecule has 0 aromatic heterocycles. The lowest BCUT2D eigenvalue weighted by molar-refractivity contribution is -0.0119. The molecule has 9 heteroatoms. The summed E-state index contributed by atoms with van der Waals surface area (Å²) in [5.41, 5.74) is 0.325. The first-order chi connectivity index (χ1) is 14.2. The highest BCUT2D eigenvalue weighted by Gasteiger charge is 2.48. The molecule has 1 unspecified atom stereocenters. The van der Waals surface area contributed by atoms with E-state index in [4.69, 9.17) is 0 Å². The summed E-state index contributed by atoms with van der Waals surface area (Å²) < 4.78 is 51.2. The van der Waals surface area contributed by atoms with Gasteiger partial charge in [-0.3, -0.25) is 4.79 Å². The van der Waals surface area contributed by atoms with Crippen molar-refractivity contribution in [2.45, 2.75) is 55.5 Å². The maximum atomic E-state index is 12.9. The number of hydrogen-bond donors (Lipinski definition) is 2. The predicted molar refractivity (Wildman–Crippen MR) is 112 cm³/mol. The van der Waals surface area contributed by atoms with Gasteiger partial charge in [0.25, 0.3) is 5.91 Å². The van der Waals surface area contributed by atoms with Gasteiger partial charge >= 0.3 is 0 Å². The number of sulfone groups is 1. The van der Waals surface area contributed by atoms with Crippen molar-refractivity contribution >= 4 is 25.8 Å². The molecule has 5 aliphatic rings. The molecule has 6 rings (SSSR count). The topological polar surface area (TPSA) is 109 Å². The second-order valence-corrected chi connectivity index (χ2v) is 13.6. The number of sulfonamides is 1. The summed E-state index contributed by atoms with van der Waals surface area (Å²) in [6, 6.07) is 5.58. The second-order valence-electron chi connectivity index (χ2n) is 9.68. The largest absolute Gasteiger partial charge is 0.349 e. The summed E-state index contributed by atoms with van der Waals surface area (Å²) in [5, 5.41) is 3.21. The molecule has 2 N–H and O–H groups in total. The van der Waals surface area contributed by atoms with E-state index in [1.54, 1.807) is 12.1 Å². The number of hydrogen-bond acceptors (Lipinski definition) is 5. The van der Waals surface area contributed by atoms with Crippen LogP contribution in [0.15, 0.2) is 29.2 Å². The SMILES string of the molecule is O=C(NC1C2CC3CC(C2)CC1C3)c1cccc(S(=O)(=O)NC2CCS(=O)(=O)C2)c1. The van der Waals surface area contributed by atoms with Crippen molar-refractivity contribution in [3.63, 3.8) is 0 Å². The summed E-state index contributed by atoms with van der Waals surface area (Å²) in [5.74, 6) is 2.31. The van der Waals surface area contributed by atoms with Crippen molar-refractivity contribution in [2.24, 2.45) is 23.7 Å². The average molecular weight is 453 g/mol. The molecule has 7 nitrogen and oxygen atoms in total. The number of rotatable bonds is 5. The molecule has 1 saturated heterocycles. The number of benzene rings is 1. The fourth-order valence-electron chi connectivity index (χ4n) is 6.38. The standard InChI is InChI=1S/C21H28N2O5S2/c24-21(22-20-16-7-13-6-14(9-16)10-17(20)8-13)15-2-1-3-19(11-15)30(27,28)23-18-4-5-29(25,26)12-18/h1-3,11,13-14,16-18,20,23H,4-10,12H2,(H,22,24). The zero-order chi connectivity index (χ0) is 21.1. The summed E-state index contributed by atoms with van der Waals surface area (Å²) in [6.07, 6.45) is 6.40. The monoisotopic (exact) mass is 452 g/mol. The first-order valence-corrected chi connectivity index (χ1v) is 14.1. The number of amides is 1. The smallest absolute Gasteiger partial charge is 0.251 e. The molecular weight excluding hydrogens is 424 g/mol. The molecule has 0 spiro atoms. The van der Waals surface area contributed by atoms with Crippen molar-refractivity contribution in [1.82, 2.24) is 10.0 Å². The van der Waals surface area contributed by atoms with Crippen molar-refractivity contribution in [3.8, 4) is 0 Å². The van der Waals surface area contributed by atoms with E-state index in [1.807, 2.05) is 0 Å². The third-order valence-electron chi connectivity index (χ3n) is 7.49. The van der Waals surface area contributed by atoms with Crippen LogP contribution in [-0.4, -0.2) is 46.3 Å². The van der Waals surface area contributed by atoms with Gasteiger partial charge in [0, 0.05) is 17.6 Å². The van der Waals surface area contributed by atoms with Gasteiger partial charge in [-0.25, -0.2) is 21.6 Å². The highest BCUT2D eigenvalue weighted by atomic mass is 32.2. The Morgan fingerprint density at radius 1 is 1.00 bits per heavy atom. The van der Waals surface area contributed by atoms with Gasteiger partial charge in [-0.05, 0) is 80.4 Å². The highest BCUT2D eigenvalue weighted by molar-refractivity contribution is 7.92. The first-order valence-electron chi connectivity index (χ1n) is 10.8. The molecule has 1 heterocycles. The summed E-state index contributed by atoms with van der Waals surface area (Å²) in [4.78, 5) is 12.9. The van der Waals surface area contributed by atoms with Crippen LogP contribution in [0.25, 0.3) is 0 Å². The third kappa shape index (κ3) is 3.91. The van der Waals surface area contributed by atoms with E-state index in [0.717, 1.165) is 11.8 Å². The van der Waals surface area contributed by atoms with Gasteiger partial charge in [-0.1, -0.05) is 6.07 Å². The fraction of sp³-hybridized carbons (Fsp3) is 0.667. The van der Waals surface area contributed by atoms with Crippen molar-refractivity contribution in [3.05, 3.63) is 29.8 Å². The Labute approximate surface area is 178 Å². The molecule has 1 aromatic rings. The normalized spacial score (nSPS) is 36.7. The predicted octanol–water partition coefficient (Wildman–Crippen LogP) is 1.71. The van der Waals surface area contributed by atoms with E-state index in [2.05, 4.69) is 10.0 Å². The highest BCUT2D eigenvalue weighted by Crippen LogP contribution is 2.53. The first kappa shape index (κ1) is 20.5. The van der Waals surface area contributed by atoms with Crippen LogP contribution in [0.1, 0.15) is 48.9 Å². The fourth-order valence-corrected chi connectivity index (χ4v) is 9.47. The van der Waals surface area contributed by atoms with Gasteiger partial charge in [-0.15, -0.1) is 0 Å². The van der Waals surface area contributed by atoms with Gasteiger partial charge in [0.05, 0.1) is 16.4 Å². The Morgan fingerprint density at radius 3 is 2.27 bits per heavy atom. The molecular formula is C21H28N2O5S2. The van der Waals surface area contributed by atoms with Crippen LogP contribution in [0, 0.1) is 23.7 Å². The lowest BCUT2D eigenvalue weighted by atomic mass is 9.54. The molecule has 4 saturated carbocycles. The third-order valence-corrected chi connectivity index (χ3v) is 10.8.